The van der Waals surface area contributed by atoms with Gasteiger partial charge < -0.3 is 0 Å². The summed E-state index contributed by atoms with van der Waals surface area (Å²) >= 11 is -7.46. The SMILES string of the molecule is O=[Te](O)O.O=[Te]([O-])O.P.[Na+]. The summed E-state index contributed by atoms with van der Waals surface area (Å²) in [6, 6.07) is 0. The van der Waals surface area contributed by atoms with Gasteiger partial charge in [-0.2, -0.15) is 9.90 Å². The standard InChI is InChI=1S/Na.2H2O3Te.H3P/c;2*1-4(2)3;/h;2*(H2,1,2,3);1H3/q+1;;;/p-1. The largest absolute Gasteiger partial charge is 1.00 e. The van der Waals surface area contributed by atoms with Gasteiger partial charge in [0.2, 0.25) is 0 Å². The maximum atomic E-state index is 8.81. The average Bonchev–Trinajstić information content (AvgIpc) is 1.25. The minimum Gasteiger partial charge on any atom is -0.153 e. The zero-order chi connectivity index (χ0) is 7.15. The van der Waals surface area contributed by atoms with Crippen LogP contribution in [0, 0.1) is 0 Å². The monoisotopic (exact) mass is 416 g/mol. The van der Waals surface area contributed by atoms with Crippen molar-refractivity contribution in [2.75, 3.05) is 0 Å². The zero-order valence-corrected chi connectivity index (χ0v) is 13.2. The Morgan fingerprint density at radius 3 is 1.10 bits per heavy atom. The molecule has 0 aliphatic rings. The van der Waals surface area contributed by atoms with E-state index in [1.807, 2.05) is 0 Å². The first-order valence-corrected chi connectivity index (χ1v) is 7.03. The van der Waals surface area contributed by atoms with Crippen molar-refractivity contribution in [1.29, 1.82) is 0 Å². The fourth-order valence-corrected chi connectivity index (χ4v) is 0. The Morgan fingerprint density at radius 2 is 1.10 bits per heavy atom. The van der Waals surface area contributed by atoms with Gasteiger partial charge in [-0.25, -0.2) is 0 Å². The van der Waals surface area contributed by atoms with E-state index in [1.165, 1.54) is 0 Å². The van der Waals surface area contributed by atoms with Gasteiger partial charge in [0.15, 0.2) is 0 Å². The Balaban J connectivity index is -0.0000000300. The van der Waals surface area contributed by atoms with Gasteiger partial charge in [0.1, 0.15) is 0 Å². The average molecular weight is 411 g/mol. The van der Waals surface area contributed by atoms with Gasteiger partial charge >= 0.3 is 90.4 Å². The predicted octanol–water partition coefficient (Wildman–Crippen LogP) is -6.80. The molecule has 60 valence electrons. The summed E-state index contributed by atoms with van der Waals surface area (Å²) in [6.45, 7) is 0. The van der Waals surface area contributed by atoms with E-state index >= 15 is 0 Å². The Kier molecular flexibility index (Phi) is 40.0. The van der Waals surface area contributed by atoms with E-state index in [4.69, 9.17) is 20.1 Å². The number of hydrogen-bond donors (Lipinski definition) is 3. The van der Waals surface area contributed by atoms with Crippen LogP contribution in [0.4, 0.5) is 0 Å². The molecule has 0 rings (SSSR count). The minimum absolute atomic E-state index is 0. The first-order valence-electron chi connectivity index (χ1n) is 1.05. The van der Waals surface area contributed by atoms with E-state index in [0.29, 0.717) is 0 Å². The Labute approximate surface area is 98.7 Å². The Hall–Kier alpha value is 2.45. The molecule has 0 spiro atoms. The first-order chi connectivity index (χ1) is 3.46. The van der Waals surface area contributed by atoms with Crippen molar-refractivity contribution in [2.24, 2.45) is 0 Å². The first kappa shape index (κ1) is 22.9. The molecule has 1 unspecified atom stereocenters. The summed E-state index contributed by atoms with van der Waals surface area (Å²) in [5.74, 6) is 0. The molecule has 6 nitrogen and oxygen atoms in total. The molecule has 10 heteroatoms. The molecule has 0 aliphatic carbocycles. The number of hydrogen-bond acceptors (Lipinski definition) is 3. The molecule has 10 heavy (non-hydrogen) atoms. The van der Waals surface area contributed by atoms with Crippen molar-refractivity contribution in [3.05, 3.63) is 0 Å². The fourth-order valence-electron chi connectivity index (χ4n) is 0. The second-order valence-corrected chi connectivity index (χ2v) is 3.00. The predicted molar refractivity (Wildman–Crippen MR) is 30.6 cm³/mol. The third-order valence-electron chi connectivity index (χ3n) is 0. The smallest absolute Gasteiger partial charge is 0.153 e. The second kappa shape index (κ2) is 17.5. The molecule has 0 bridgehead atoms. The van der Waals surface area contributed by atoms with Gasteiger partial charge in [-0.1, -0.05) is 0 Å². The van der Waals surface area contributed by atoms with Crippen LogP contribution >= 0.6 is 9.90 Å². The maximum absolute atomic E-state index is 8.81. The summed E-state index contributed by atoms with van der Waals surface area (Å²) in [5, 5.41) is 0. The van der Waals surface area contributed by atoms with E-state index in [0.717, 1.165) is 0 Å². The van der Waals surface area contributed by atoms with E-state index in [9.17, 15) is 0 Å². The molecule has 0 aromatic heterocycles. The van der Waals surface area contributed by atoms with Gasteiger partial charge in [-0.05, 0) is 0 Å². The summed E-state index contributed by atoms with van der Waals surface area (Å²) in [6.07, 6.45) is 0. The van der Waals surface area contributed by atoms with E-state index in [1.54, 1.807) is 0 Å². The maximum Gasteiger partial charge on any atom is 1.00 e. The van der Waals surface area contributed by atoms with Crippen molar-refractivity contribution in [2.45, 2.75) is 0 Å². The van der Waals surface area contributed by atoms with Crippen LogP contribution in [0.5, 0.6) is 0 Å². The van der Waals surface area contributed by atoms with Gasteiger partial charge in [0.05, 0.1) is 0 Å². The molecule has 0 aromatic rings. The molecular weight excluding hydrogens is 405 g/mol. The van der Waals surface area contributed by atoms with Crippen LogP contribution in [0.3, 0.4) is 0 Å². The van der Waals surface area contributed by atoms with Crippen LogP contribution in [0.25, 0.3) is 0 Å². The summed E-state index contributed by atoms with van der Waals surface area (Å²) in [4.78, 5) is 0. The van der Waals surface area contributed by atoms with E-state index < -0.39 is 40.7 Å². The normalized spacial score (nSPS) is 7.00. The van der Waals surface area contributed by atoms with Crippen LogP contribution in [0.15, 0.2) is 0 Å². The molecule has 0 saturated carbocycles. The van der Waals surface area contributed by atoms with Gasteiger partial charge in [-0.3, -0.25) is 0 Å². The van der Waals surface area contributed by atoms with Gasteiger partial charge in [0, 0.05) is 0 Å². The molecule has 0 amide bonds. The topological polar surface area (TPSA) is 118 Å². The van der Waals surface area contributed by atoms with Crippen molar-refractivity contribution in [1.82, 2.24) is 0 Å². The number of rotatable bonds is 0. The second-order valence-electron chi connectivity index (χ2n) is 0.448. The molecule has 0 saturated heterocycles. The Bertz CT molecular complexity index is 73.7. The van der Waals surface area contributed by atoms with Crippen molar-refractivity contribution in [3.8, 4) is 0 Å². The molecule has 0 aromatic carbocycles. The van der Waals surface area contributed by atoms with E-state index in [-0.39, 0.29) is 39.5 Å². The third-order valence-corrected chi connectivity index (χ3v) is 0. The van der Waals surface area contributed by atoms with E-state index in [2.05, 4.69) is 0 Å². The van der Waals surface area contributed by atoms with Gasteiger partial charge in [0.25, 0.3) is 0 Å². The van der Waals surface area contributed by atoms with Crippen LogP contribution < -0.4 is 33.0 Å². The Morgan fingerprint density at radius 1 is 1.10 bits per heavy atom. The summed E-state index contributed by atoms with van der Waals surface area (Å²) in [5.41, 5.74) is 0. The molecule has 0 heterocycles. The van der Waals surface area contributed by atoms with Crippen molar-refractivity contribution in [3.63, 3.8) is 0 Å². The van der Waals surface area contributed by atoms with Crippen molar-refractivity contribution >= 4 is 50.6 Å². The van der Waals surface area contributed by atoms with Gasteiger partial charge in [-0.15, -0.1) is 0 Å². The minimum atomic E-state index is -3.86. The van der Waals surface area contributed by atoms with Crippen LogP contribution in [-0.4, -0.2) is 51.1 Å². The van der Waals surface area contributed by atoms with Crippen LogP contribution in [0.1, 0.15) is 0 Å². The zero-order valence-electron chi connectivity index (χ0n) is 5.09. The summed E-state index contributed by atoms with van der Waals surface area (Å²) in [7, 11) is 0. The third kappa shape index (κ3) is 156. The molecular formula is H6NaO6PTe2. The molecule has 3 N–H and O–H groups in total. The van der Waals surface area contributed by atoms with Crippen LogP contribution in [-0.2, 0) is 6.21 Å². The molecule has 0 aliphatic heterocycles. The van der Waals surface area contributed by atoms with Crippen LogP contribution in [0.2, 0.25) is 0 Å². The van der Waals surface area contributed by atoms with Crippen molar-refractivity contribution < 1.29 is 49.6 Å². The molecule has 1 atom stereocenters. The fraction of sp³-hybridized carbons (Fsp3) is 0. The molecule has 0 radical (unpaired) electrons. The molecule has 0 fully saturated rings. The summed E-state index contributed by atoms with van der Waals surface area (Å²) < 4.78 is 47.8. The quantitative estimate of drug-likeness (QED) is 0.270.